The molecular weight excluding hydrogens is 226 g/mol. The van der Waals surface area contributed by atoms with Crippen molar-refractivity contribution in [1.82, 2.24) is 0 Å². The Balaban J connectivity index is 3.50. The van der Waals surface area contributed by atoms with Crippen LogP contribution in [0, 0.1) is 11.3 Å². The molecule has 0 saturated carbocycles. The summed E-state index contributed by atoms with van der Waals surface area (Å²) in [7, 11) is -7.69. The van der Waals surface area contributed by atoms with Crippen molar-refractivity contribution in [2.24, 2.45) is 0 Å². The number of nitrogens with zero attached hydrogens (tertiary/aromatic N) is 1. The summed E-state index contributed by atoms with van der Waals surface area (Å²) in [4.78, 5) is -0.490. The lowest BCUT2D eigenvalue weighted by atomic mass is 10.2. The molecule has 0 bridgehead atoms. The summed E-state index contributed by atoms with van der Waals surface area (Å²) >= 11 is 0. The average molecular weight is 230 g/mol. The minimum atomic E-state index is -4.43. The minimum Gasteiger partial charge on any atom is -0.760 e. The third-order valence-electron chi connectivity index (χ3n) is 1.46. The van der Waals surface area contributed by atoms with Crippen molar-refractivity contribution >= 4 is 19.0 Å². The molecule has 0 radical (unpaired) electrons. The molecule has 1 aromatic carbocycles. The molecule has 0 aromatic heterocycles. The summed E-state index contributed by atoms with van der Waals surface area (Å²) < 4.78 is 43.1. The van der Waals surface area contributed by atoms with Crippen LogP contribution < -0.4 is 0 Å². The largest absolute Gasteiger partial charge is 0.760 e. The molecule has 1 unspecified atom stereocenters. The van der Waals surface area contributed by atoms with Gasteiger partial charge in [-0.25, -0.2) is 8.42 Å². The van der Waals surface area contributed by atoms with Gasteiger partial charge in [0.15, 0.2) is 0 Å². The molecule has 5 nitrogen and oxygen atoms in total. The highest BCUT2D eigenvalue weighted by atomic mass is 33.2. The van der Waals surface area contributed by atoms with Crippen LogP contribution in [0.1, 0.15) is 5.56 Å². The molecule has 0 saturated heterocycles. The van der Waals surface area contributed by atoms with E-state index in [1.165, 1.54) is 18.2 Å². The zero-order chi connectivity index (χ0) is 10.8. The molecule has 0 amide bonds. The van der Waals surface area contributed by atoms with Crippen LogP contribution in [0.15, 0.2) is 29.2 Å². The van der Waals surface area contributed by atoms with Gasteiger partial charge in [-0.3, -0.25) is 4.21 Å². The first-order valence-electron chi connectivity index (χ1n) is 3.34. The molecule has 1 aromatic rings. The number of nitriles is 1. The van der Waals surface area contributed by atoms with Gasteiger partial charge >= 0.3 is 0 Å². The van der Waals surface area contributed by atoms with Gasteiger partial charge < -0.3 is 4.55 Å². The Morgan fingerprint density at radius 2 is 1.93 bits per heavy atom. The van der Waals surface area contributed by atoms with Crippen molar-refractivity contribution in [2.75, 3.05) is 0 Å². The second-order valence-corrected chi connectivity index (χ2v) is 6.16. The van der Waals surface area contributed by atoms with Crippen LogP contribution in [0.3, 0.4) is 0 Å². The summed E-state index contributed by atoms with van der Waals surface area (Å²) in [5.74, 6) is 0. The molecule has 0 spiro atoms. The summed E-state index contributed by atoms with van der Waals surface area (Å²) in [5.41, 5.74) is -0.184. The van der Waals surface area contributed by atoms with Crippen LogP contribution in [0.2, 0.25) is 0 Å². The van der Waals surface area contributed by atoms with E-state index < -0.39 is 23.9 Å². The van der Waals surface area contributed by atoms with Crippen molar-refractivity contribution in [3.8, 4) is 6.07 Å². The molecule has 1 rings (SSSR count). The number of rotatable bonds is 2. The van der Waals surface area contributed by atoms with E-state index in [0.29, 0.717) is 0 Å². The fourth-order valence-electron chi connectivity index (χ4n) is 0.850. The molecule has 74 valence electrons. The smallest absolute Gasteiger partial charge is 0.246 e. The van der Waals surface area contributed by atoms with Gasteiger partial charge in [-0.1, -0.05) is 12.1 Å². The van der Waals surface area contributed by atoms with Gasteiger partial charge in [-0.2, -0.15) is 5.26 Å². The van der Waals surface area contributed by atoms with Crippen molar-refractivity contribution in [2.45, 2.75) is 4.90 Å². The molecule has 0 aliphatic heterocycles. The molecule has 0 fully saturated rings. The Labute approximate surface area is 82.6 Å². The van der Waals surface area contributed by atoms with Crippen LogP contribution in [0.25, 0.3) is 0 Å². The second kappa shape index (κ2) is 3.88. The Hall–Kier alpha value is -1.23. The number of hydrogen-bond donors (Lipinski definition) is 0. The summed E-state index contributed by atoms with van der Waals surface area (Å²) in [6.07, 6.45) is 0. The SMILES string of the molecule is N#Cc1ccccc1S(=O)(=O)S(=O)[O-]. The Kier molecular flexibility index (Phi) is 3.00. The van der Waals surface area contributed by atoms with Gasteiger partial charge in [-0.05, 0) is 12.1 Å². The van der Waals surface area contributed by atoms with Gasteiger partial charge in [0, 0.05) is 0 Å². The molecular formula is C7H4NO4S2-. The molecule has 0 heterocycles. The quantitative estimate of drug-likeness (QED) is 0.531. The lowest BCUT2D eigenvalue weighted by Crippen LogP contribution is -2.09. The summed E-state index contributed by atoms with van der Waals surface area (Å²) in [6, 6.07) is 6.71. The zero-order valence-corrected chi connectivity index (χ0v) is 8.34. The second-order valence-electron chi connectivity index (χ2n) is 2.27. The van der Waals surface area contributed by atoms with Gasteiger partial charge in [0.2, 0.25) is 8.87 Å². The molecule has 7 heteroatoms. The molecule has 0 aliphatic rings. The van der Waals surface area contributed by atoms with Crippen LogP contribution in [0.4, 0.5) is 0 Å². The highest BCUT2D eigenvalue weighted by molar-refractivity contribution is 8.62. The van der Waals surface area contributed by atoms with E-state index >= 15 is 0 Å². The Morgan fingerprint density at radius 1 is 1.36 bits per heavy atom. The Morgan fingerprint density at radius 3 is 2.43 bits per heavy atom. The molecule has 0 aliphatic carbocycles. The van der Waals surface area contributed by atoms with E-state index in [1.807, 2.05) is 0 Å². The van der Waals surface area contributed by atoms with Crippen molar-refractivity contribution in [3.63, 3.8) is 0 Å². The maximum Gasteiger partial charge on any atom is 0.246 e. The standard InChI is InChI=1S/C7H5NO4S2/c8-5-6-3-1-2-4-7(6)14(11,12)13(9)10/h1-4H,(H,9,10)/p-1. The highest BCUT2D eigenvalue weighted by Crippen LogP contribution is 2.17. The predicted octanol–water partition coefficient (Wildman–Crippen LogP) is 0.126. The topological polar surface area (TPSA) is 98.1 Å². The van der Waals surface area contributed by atoms with E-state index in [1.54, 1.807) is 6.07 Å². The monoisotopic (exact) mass is 230 g/mol. The summed E-state index contributed by atoms with van der Waals surface area (Å²) in [5, 5.41) is 8.55. The van der Waals surface area contributed by atoms with Gasteiger partial charge in [0.1, 0.15) is 6.07 Å². The molecule has 14 heavy (non-hydrogen) atoms. The first-order chi connectivity index (χ1) is 6.50. The van der Waals surface area contributed by atoms with Crippen LogP contribution in [-0.2, 0) is 19.0 Å². The number of benzene rings is 1. The maximum absolute atomic E-state index is 11.1. The zero-order valence-electron chi connectivity index (χ0n) is 6.71. The third kappa shape index (κ3) is 1.82. The van der Waals surface area contributed by atoms with Crippen LogP contribution in [-0.4, -0.2) is 17.2 Å². The van der Waals surface area contributed by atoms with Crippen molar-refractivity contribution < 1.29 is 17.2 Å². The van der Waals surface area contributed by atoms with E-state index in [2.05, 4.69) is 0 Å². The van der Waals surface area contributed by atoms with Gasteiger partial charge in [0.05, 0.1) is 20.6 Å². The number of hydrogen-bond acceptors (Lipinski definition) is 5. The summed E-state index contributed by atoms with van der Waals surface area (Å²) in [6.45, 7) is 0. The van der Waals surface area contributed by atoms with Crippen molar-refractivity contribution in [1.29, 1.82) is 5.26 Å². The average Bonchev–Trinajstić information content (AvgIpc) is 2.17. The minimum absolute atomic E-state index is 0.184. The maximum atomic E-state index is 11.1. The lowest BCUT2D eigenvalue weighted by molar-refractivity contribution is 0.540. The van der Waals surface area contributed by atoms with E-state index in [0.717, 1.165) is 6.07 Å². The van der Waals surface area contributed by atoms with Gasteiger partial charge in [0.25, 0.3) is 0 Å². The molecule has 0 N–H and O–H groups in total. The van der Waals surface area contributed by atoms with Gasteiger partial charge in [-0.15, -0.1) is 0 Å². The first-order valence-corrected chi connectivity index (χ1v) is 6.41. The predicted molar refractivity (Wildman–Crippen MR) is 47.3 cm³/mol. The fourth-order valence-corrected chi connectivity index (χ4v) is 2.50. The highest BCUT2D eigenvalue weighted by Gasteiger charge is 2.18. The first kappa shape index (κ1) is 10.8. The van der Waals surface area contributed by atoms with E-state index in [9.17, 15) is 17.2 Å². The normalized spacial score (nSPS) is 13.1. The van der Waals surface area contributed by atoms with Crippen molar-refractivity contribution in [3.05, 3.63) is 29.8 Å². The van der Waals surface area contributed by atoms with Crippen LogP contribution >= 0.6 is 0 Å². The van der Waals surface area contributed by atoms with E-state index in [-0.39, 0.29) is 5.56 Å². The lowest BCUT2D eigenvalue weighted by Gasteiger charge is -2.07. The molecule has 1 atom stereocenters. The van der Waals surface area contributed by atoms with Crippen LogP contribution in [0.5, 0.6) is 0 Å². The fraction of sp³-hybridized carbons (Fsp3) is 0. The Bertz CT molecular complexity index is 515. The van der Waals surface area contributed by atoms with E-state index in [4.69, 9.17) is 5.26 Å². The third-order valence-corrected chi connectivity index (χ3v) is 4.32.